The predicted octanol–water partition coefficient (Wildman–Crippen LogP) is 2.44. The SMILES string of the molecule is c1cc2c(cc1NCC1CC1)CCO2. The van der Waals surface area contributed by atoms with Crippen molar-refractivity contribution in [2.75, 3.05) is 18.5 Å². The van der Waals surface area contributed by atoms with Gasteiger partial charge in [-0.3, -0.25) is 0 Å². The lowest BCUT2D eigenvalue weighted by molar-refractivity contribution is 0.357. The molecular weight excluding hydrogens is 174 g/mol. The first-order valence-corrected chi connectivity index (χ1v) is 5.41. The van der Waals surface area contributed by atoms with Gasteiger partial charge in [-0.05, 0) is 42.5 Å². The van der Waals surface area contributed by atoms with E-state index in [4.69, 9.17) is 4.74 Å². The average molecular weight is 189 g/mol. The van der Waals surface area contributed by atoms with Gasteiger partial charge in [-0.2, -0.15) is 0 Å². The van der Waals surface area contributed by atoms with Gasteiger partial charge in [0.2, 0.25) is 0 Å². The molecule has 74 valence electrons. The first kappa shape index (κ1) is 8.16. The second-order valence-corrected chi connectivity index (χ2v) is 4.25. The Labute approximate surface area is 84.3 Å². The molecule has 0 spiro atoms. The Kier molecular flexibility index (Phi) is 1.86. The van der Waals surface area contributed by atoms with Crippen molar-refractivity contribution in [3.8, 4) is 5.75 Å². The molecule has 2 aliphatic rings. The van der Waals surface area contributed by atoms with Gasteiger partial charge in [0.1, 0.15) is 5.75 Å². The van der Waals surface area contributed by atoms with Crippen LogP contribution in [0.3, 0.4) is 0 Å². The molecule has 1 aliphatic heterocycles. The van der Waals surface area contributed by atoms with Crippen molar-refractivity contribution < 1.29 is 4.74 Å². The number of hydrogen-bond acceptors (Lipinski definition) is 2. The molecule has 14 heavy (non-hydrogen) atoms. The van der Waals surface area contributed by atoms with Gasteiger partial charge in [0.05, 0.1) is 6.61 Å². The highest BCUT2D eigenvalue weighted by molar-refractivity contribution is 5.52. The van der Waals surface area contributed by atoms with Gasteiger partial charge in [0, 0.05) is 18.7 Å². The Balaban J connectivity index is 1.71. The second kappa shape index (κ2) is 3.19. The molecule has 0 unspecified atom stereocenters. The molecule has 0 bridgehead atoms. The molecule has 3 rings (SSSR count). The van der Waals surface area contributed by atoms with Crippen molar-refractivity contribution >= 4 is 5.69 Å². The summed E-state index contributed by atoms with van der Waals surface area (Å²) < 4.78 is 5.46. The van der Waals surface area contributed by atoms with Gasteiger partial charge in [0.15, 0.2) is 0 Å². The summed E-state index contributed by atoms with van der Waals surface area (Å²) in [5.74, 6) is 2.00. The molecule has 0 aromatic heterocycles. The van der Waals surface area contributed by atoms with Gasteiger partial charge in [-0.1, -0.05) is 0 Å². The van der Waals surface area contributed by atoms with Crippen molar-refractivity contribution in [1.29, 1.82) is 0 Å². The minimum Gasteiger partial charge on any atom is -0.493 e. The number of rotatable bonds is 3. The van der Waals surface area contributed by atoms with Crippen molar-refractivity contribution in [2.24, 2.45) is 5.92 Å². The number of fused-ring (bicyclic) bond motifs is 1. The highest BCUT2D eigenvalue weighted by atomic mass is 16.5. The Hall–Kier alpha value is -1.18. The molecule has 1 N–H and O–H groups in total. The molecule has 2 nitrogen and oxygen atoms in total. The predicted molar refractivity (Wildman–Crippen MR) is 56.9 cm³/mol. The van der Waals surface area contributed by atoms with E-state index in [1.165, 1.54) is 24.1 Å². The highest BCUT2D eigenvalue weighted by Crippen LogP contribution is 2.31. The summed E-state index contributed by atoms with van der Waals surface area (Å²) in [4.78, 5) is 0. The fourth-order valence-corrected chi connectivity index (χ4v) is 1.88. The molecule has 0 radical (unpaired) electrons. The van der Waals surface area contributed by atoms with Crippen molar-refractivity contribution in [3.63, 3.8) is 0 Å². The summed E-state index contributed by atoms with van der Waals surface area (Å²) >= 11 is 0. The van der Waals surface area contributed by atoms with Crippen LogP contribution in [0.2, 0.25) is 0 Å². The molecule has 0 saturated heterocycles. The minimum atomic E-state index is 0.849. The number of benzene rings is 1. The van der Waals surface area contributed by atoms with Crippen LogP contribution < -0.4 is 10.1 Å². The molecule has 1 heterocycles. The van der Waals surface area contributed by atoms with Crippen molar-refractivity contribution in [2.45, 2.75) is 19.3 Å². The normalized spacial score (nSPS) is 18.9. The summed E-state index contributed by atoms with van der Waals surface area (Å²) in [5, 5.41) is 3.48. The molecule has 1 aromatic carbocycles. The van der Waals surface area contributed by atoms with Crippen LogP contribution in [0.4, 0.5) is 5.69 Å². The van der Waals surface area contributed by atoms with Gasteiger partial charge >= 0.3 is 0 Å². The Morgan fingerprint density at radius 3 is 3.14 bits per heavy atom. The fourth-order valence-electron chi connectivity index (χ4n) is 1.88. The third-order valence-corrected chi connectivity index (χ3v) is 2.98. The van der Waals surface area contributed by atoms with Gasteiger partial charge in [-0.25, -0.2) is 0 Å². The van der Waals surface area contributed by atoms with E-state index in [2.05, 4.69) is 23.5 Å². The number of ether oxygens (including phenoxy) is 1. The molecule has 1 saturated carbocycles. The summed E-state index contributed by atoms with van der Waals surface area (Å²) in [7, 11) is 0. The van der Waals surface area contributed by atoms with E-state index in [9.17, 15) is 0 Å². The van der Waals surface area contributed by atoms with E-state index < -0.39 is 0 Å². The molecule has 1 aliphatic carbocycles. The highest BCUT2D eigenvalue weighted by Gasteiger charge is 2.20. The van der Waals surface area contributed by atoms with E-state index in [0.717, 1.165) is 31.2 Å². The van der Waals surface area contributed by atoms with Gasteiger partial charge < -0.3 is 10.1 Å². The maximum absolute atomic E-state index is 5.46. The zero-order chi connectivity index (χ0) is 9.38. The van der Waals surface area contributed by atoms with Crippen LogP contribution in [0.5, 0.6) is 5.75 Å². The van der Waals surface area contributed by atoms with Crippen LogP contribution in [0.15, 0.2) is 18.2 Å². The van der Waals surface area contributed by atoms with Crippen LogP contribution >= 0.6 is 0 Å². The topological polar surface area (TPSA) is 21.3 Å². The molecular formula is C12H15NO. The molecule has 0 amide bonds. The lowest BCUT2D eigenvalue weighted by atomic mass is 10.1. The van der Waals surface area contributed by atoms with E-state index in [0.29, 0.717) is 0 Å². The van der Waals surface area contributed by atoms with Crippen LogP contribution in [0.1, 0.15) is 18.4 Å². The smallest absolute Gasteiger partial charge is 0.122 e. The van der Waals surface area contributed by atoms with Crippen LogP contribution in [0, 0.1) is 5.92 Å². The average Bonchev–Trinajstić information content (AvgIpc) is 2.92. The maximum atomic E-state index is 5.46. The van der Waals surface area contributed by atoms with Crippen LogP contribution in [-0.2, 0) is 6.42 Å². The van der Waals surface area contributed by atoms with E-state index in [1.807, 2.05) is 0 Å². The van der Waals surface area contributed by atoms with Crippen molar-refractivity contribution in [3.05, 3.63) is 23.8 Å². The zero-order valence-corrected chi connectivity index (χ0v) is 8.25. The minimum absolute atomic E-state index is 0.849. The van der Waals surface area contributed by atoms with Crippen LogP contribution in [0.25, 0.3) is 0 Å². The van der Waals surface area contributed by atoms with Gasteiger partial charge in [-0.15, -0.1) is 0 Å². The Morgan fingerprint density at radius 2 is 2.29 bits per heavy atom. The molecule has 1 fully saturated rings. The standard InChI is InChI=1S/C12H15NO/c1-2-9(1)8-13-11-3-4-12-10(7-11)5-6-14-12/h3-4,7,9,13H,1-2,5-6,8H2. The number of anilines is 1. The largest absolute Gasteiger partial charge is 0.493 e. The molecule has 0 atom stereocenters. The molecule has 2 heteroatoms. The summed E-state index contributed by atoms with van der Waals surface area (Å²) in [6.45, 7) is 1.99. The maximum Gasteiger partial charge on any atom is 0.122 e. The quantitative estimate of drug-likeness (QED) is 0.788. The summed E-state index contributed by atoms with van der Waals surface area (Å²) in [6.07, 6.45) is 3.87. The lowest BCUT2D eigenvalue weighted by Gasteiger charge is -2.06. The summed E-state index contributed by atoms with van der Waals surface area (Å²) in [6, 6.07) is 6.43. The second-order valence-electron chi connectivity index (χ2n) is 4.25. The monoisotopic (exact) mass is 189 g/mol. The van der Waals surface area contributed by atoms with E-state index >= 15 is 0 Å². The van der Waals surface area contributed by atoms with E-state index in [-0.39, 0.29) is 0 Å². The van der Waals surface area contributed by atoms with Gasteiger partial charge in [0.25, 0.3) is 0 Å². The Bertz CT molecular complexity index is 344. The lowest BCUT2D eigenvalue weighted by Crippen LogP contribution is -2.02. The number of nitrogens with one attached hydrogen (secondary N) is 1. The molecule has 1 aromatic rings. The zero-order valence-electron chi connectivity index (χ0n) is 8.25. The third-order valence-electron chi connectivity index (χ3n) is 2.98. The number of hydrogen-bond donors (Lipinski definition) is 1. The summed E-state index contributed by atoms with van der Waals surface area (Å²) in [5.41, 5.74) is 2.60. The van der Waals surface area contributed by atoms with Crippen molar-refractivity contribution in [1.82, 2.24) is 0 Å². The van der Waals surface area contributed by atoms with Crippen LogP contribution in [-0.4, -0.2) is 13.2 Å². The Morgan fingerprint density at radius 1 is 1.36 bits per heavy atom. The first-order chi connectivity index (χ1) is 6.92. The fraction of sp³-hybridized carbons (Fsp3) is 0.500. The third kappa shape index (κ3) is 1.57. The first-order valence-electron chi connectivity index (χ1n) is 5.41. The van der Waals surface area contributed by atoms with E-state index in [1.54, 1.807) is 0 Å².